The highest BCUT2D eigenvalue weighted by molar-refractivity contribution is 9.10. The Morgan fingerprint density at radius 2 is 2.14 bits per heavy atom. The quantitative estimate of drug-likeness (QED) is 0.773. The van der Waals surface area contributed by atoms with Gasteiger partial charge in [0, 0.05) is 23.3 Å². The molecule has 7 heteroatoms. The number of carbonyl (C=O) groups is 1. The molecule has 0 aliphatic rings. The minimum atomic E-state index is -0.443. The molecule has 2 heterocycles. The van der Waals surface area contributed by atoms with Crippen molar-refractivity contribution < 1.29 is 14.3 Å². The van der Waals surface area contributed by atoms with Gasteiger partial charge in [-0.05, 0) is 35.8 Å². The van der Waals surface area contributed by atoms with Crippen molar-refractivity contribution >= 4 is 21.9 Å². The zero-order chi connectivity index (χ0) is 15.4. The Kier molecular flexibility index (Phi) is 4.95. The third kappa shape index (κ3) is 3.24. The van der Waals surface area contributed by atoms with Crippen LogP contribution in [0.2, 0.25) is 0 Å². The van der Waals surface area contributed by atoms with E-state index in [4.69, 9.17) is 9.47 Å². The fourth-order valence-corrected chi connectivity index (χ4v) is 2.23. The summed E-state index contributed by atoms with van der Waals surface area (Å²) < 4.78 is 12.8. The van der Waals surface area contributed by atoms with Crippen molar-refractivity contribution in [3.63, 3.8) is 0 Å². The number of hydrogen-bond donors (Lipinski definition) is 0. The molecule has 6 nitrogen and oxygen atoms in total. The molecule has 0 aromatic carbocycles. The maximum atomic E-state index is 11.8. The Labute approximate surface area is 131 Å². The molecule has 0 radical (unpaired) electrons. The van der Waals surface area contributed by atoms with E-state index < -0.39 is 5.97 Å². The van der Waals surface area contributed by atoms with E-state index in [-0.39, 0.29) is 5.69 Å². The molecule has 0 aliphatic heterocycles. The van der Waals surface area contributed by atoms with Crippen LogP contribution in [0.1, 0.15) is 24.3 Å². The van der Waals surface area contributed by atoms with Crippen LogP contribution in [0.4, 0.5) is 0 Å². The van der Waals surface area contributed by atoms with Gasteiger partial charge in [-0.25, -0.2) is 9.78 Å². The Morgan fingerprint density at radius 1 is 1.38 bits per heavy atom. The van der Waals surface area contributed by atoms with Gasteiger partial charge in [0.15, 0.2) is 5.69 Å². The van der Waals surface area contributed by atoms with Crippen molar-refractivity contribution in [1.29, 1.82) is 0 Å². The van der Waals surface area contributed by atoms with E-state index in [2.05, 4.69) is 26.0 Å². The minimum Gasteiger partial charge on any atom is -0.494 e. The van der Waals surface area contributed by atoms with Gasteiger partial charge in [-0.15, -0.1) is 0 Å². The molecule has 2 aromatic heterocycles. The molecule has 0 saturated carbocycles. The van der Waals surface area contributed by atoms with E-state index in [1.807, 2.05) is 13.0 Å². The van der Waals surface area contributed by atoms with Crippen LogP contribution in [0, 0.1) is 0 Å². The number of pyridine rings is 1. The molecule has 0 fully saturated rings. The summed E-state index contributed by atoms with van der Waals surface area (Å²) >= 11 is 3.36. The maximum absolute atomic E-state index is 11.8. The van der Waals surface area contributed by atoms with Crippen molar-refractivity contribution in [3.8, 4) is 17.1 Å². The number of aryl methyl sites for hydroxylation is 1. The molecule has 0 N–H and O–H groups in total. The normalized spacial score (nSPS) is 10.5. The Hall–Kier alpha value is -1.89. The van der Waals surface area contributed by atoms with Gasteiger partial charge in [-0.1, -0.05) is 0 Å². The van der Waals surface area contributed by atoms with Crippen LogP contribution < -0.4 is 4.74 Å². The summed E-state index contributed by atoms with van der Waals surface area (Å²) in [6.07, 6.45) is 1.68. The number of hydrogen-bond acceptors (Lipinski definition) is 5. The smallest absolute Gasteiger partial charge is 0.358 e. The monoisotopic (exact) mass is 353 g/mol. The highest BCUT2D eigenvalue weighted by Gasteiger charge is 2.19. The fraction of sp³-hybridized carbons (Fsp3) is 0.357. The third-order valence-corrected chi connectivity index (χ3v) is 3.28. The molecule has 0 atom stereocenters. The van der Waals surface area contributed by atoms with Crippen molar-refractivity contribution in [2.45, 2.75) is 20.4 Å². The van der Waals surface area contributed by atoms with E-state index in [1.54, 1.807) is 31.0 Å². The topological polar surface area (TPSA) is 66.2 Å². The lowest BCUT2D eigenvalue weighted by Gasteiger charge is -2.09. The van der Waals surface area contributed by atoms with Gasteiger partial charge in [-0.3, -0.25) is 4.68 Å². The van der Waals surface area contributed by atoms with Crippen molar-refractivity contribution in [3.05, 3.63) is 28.5 Å². The van der Waals surface area contributed by atoms with E-state index in [1.165, 1.54) is 0 Å². The van der Waals surface area contributed by atoms with Gasteiger partial charge in [-0.2, -0.15) is 5.10 Å². The SMILES string of the molecule is CCOC(=O)c1cc(-c2ncc(Br)cc2OC)n(CC)n1. The highest BCUT2D eigenvalue weighted by Crippen LogP contribution is 2.30. The molecular formula is C14H16BrN3O3. The van der Waals surface area contributed by atoms with Gasteiger partial charge >= 0.3 is 5.97 Å². The first kappa shape index (κ1) is 15.5. The van der Waals surface area contributed by atoms with Crippen LogP contribution >= 0.6 is 15.9 Å². The fourth-order valence-electron chi connectivity index (χ4n) is 1.92. The van der Waals surface area contributed by atoms with Gasteiger partial charge in [0.2, 0.25) is 0 Å². The second kappa shape index (κ2) is 6.71. The van der Waals surface area contributed by atoms with Crippen molar-refractivity contribution in [1.82, 2.24) is 14.8 Å². The van der Waals surface area contributed by atoms with Gasteiger partial charge in [0.05, 0.1) is 19.4 Å². The van der Waals surface area contributed by atoms with Crippen molar-refractivity contribution in [2.24, 2.45) is 0 Å². The zero-order valence-corrected chi connectivity index (χ0v) is 13.7. The number of methoxy groups -OCH3 is 1. The lowest BCUT2D eigenvalue weighted by atomic mass is 10.2. The zero-order valence-electron chi connectivity index (χ0n) is 12.1. The van der Waals surface area contributed by atoms with E-state index >= 15 is 0 Å². The molecule has 0 spiro atoms. The van der Waals surface area contributed by atoms with Crippen LogP contribution in [0.3, 0.4) is 0 Å². The molecule has 2 rings (SSSR count). The molecule has 0 amide bonds. The lowest BCUT2D eigenvalue weighted by molar-refractivity contribution is 0.0518. The second-order valence-electron chi connectivity index (χ2n) is 4.16. The summed E-state index contributed by atoms with van der Waals surface area (Å²) in [6, 6.07) is 3.49. The predicted octanol–water partition coefficient (Wildman–Crippen LogP) is 2.91. The van der Waals surface area contributed by atoms with Crippen LogP contribution in [0.25, 0.3) is 11.4 Å². The predicted molar refractivity (Wildman–Crippen MR) is 81.3 cm³/mol. The summed E-state index contributed by atoms with van der Waals surface area (Å²) in [5, 5.41) is 4.26. The average Bonchev–Trinajstić information content (AvgIpc) is 2.91. The minimum absolute atomic E-state index is 0.264. The van der Waals surface area contributed by atoms with Crippen LogP contribution in [-0.4, -0.2) is 34.5 Å². The second-order valence-corrected chi connectivity index (χ2v) is 5.07. The van der Waals surface area contributed by atoms with Gasteiger partial charge in [0.1, 0.15) is 11.4 Å². The molecular weight excluding hydrogens is 338 g/mol. The first-order valence-corrected chi connectivity index (χ1v) is 7.34. The van der Waals surface area contributed by atoms with Crippen LogP contribution in [0.15, 0.2) is 22.8 Å². The summed E-state index contributed by atoms with van der Waals surface area (Å²) in [4.78, 5) is 16.2. The molecule has 2 aromatic rings. The average molecular weight is 354 g/mol. The largest absolute Gasteiger partial charge is 0.494 e. The number of ether oxygens (including phenoxy) is 2. The molecule has 0 unspecified atom stereocenters. The number of aromatic nitrogens is 3. The van der Waals surface area contributed by atoms with Crippen LogP contribution in [-0.2, 0) is 11.3 Å². The van der Waals surface area contributed by atoms with E-state index in [0.29, 0.717) is 30.3 Å². The van der Waals surface area contributed by atoms with Crippen LogP contribution in [0.5, 0.6) is 5.75 Å². The van der Waals surface area contributed by atoms with Gasteiger partial charge < -0.3 is 9.47 Å². The lowest BCUT2D eigenvalue weighted by Crippen LogP contribution is -2.07. The number of rotatable bonds is 5. The summed E-state index contributed by atoms with van der Waals surface area (Å²) in [5.74, 6) is 0.163. The number of nitrogens with zero attached hydrogens (tertiary/aromatic N) is 3. The third-order valence-electron chi connectivity index (χ3n) is 2.85. The molecule has 0 aliphatic carbocycles. The number of halogens is 1. The summed E-state index contributed by atoms with van der Waals surface area (Å²) in [5.41, 5.74) is 1.61. The maximum Gasteiger partial charge on any atom is 0.358 e. The molecule has 0 bridgehead atoms. The Balaban J connectivity index is 2.50. The summed E-state index contributed by atoms with van der Waals surface area (Å²) in [6.45, 7) is 4.62. The van der Waals surface area contributed by atoms with Crippen molar-refractivity contribution in [2.75, 3.05) is 13.7 Å². The molecule has 0 saturated heterocycles. The molecule has 21 heavy (non-hydrogen) atoms. The Bertz CT molecular complexity index is 655. The van der Waals surface area contributed by atoms with E-state index in [0.717, 1.165) is 4.47 Å². The number of carbonyl (C=O) groups excluding carboxylic acids is 1. The first-order valence-electron chi connectivity index (χ1n) is 6.55. The number of esters is 1. The first-order chi connectivity index (χ1) is 10.1. The van der Waals surface area contributed by atoms with Gasteiger partial charge in [0.25, 0.3) is 0 Å². The molecule has 112 valence electrons. The Morgan fingerprint density at radius 3 is 2.76 bits per heavy atom. The highest BCUT2D eigenvalue weighted by atomic mass is 79.9. The van der Waals surface area contributed by atoms with E-state index in [9.17, 15) is 4.79 Å². The standard InChI is InChI=1S/C14H16BrN3O3/c1-4-18-11(7-10(17-18)14(19)21-5-2)13-12(20-3)6-9(15)8-16-13/h6-8H,4-5H2,1-3H3. The summed E-state index contributed by atoms with van der Waals surface area (Å²) in [7, 11) is 1.58.